The molecule has 0 unspecified atom stereocenters. The Labute approximate surface area is 129 Å². The maximum absolute atomic E-state index is 12.2. The number of nitrogen functional groups attached to an aromatic ring is 1. The molecule has 0 fully saturated rings. The third kappa shape index (κ3) is 3.82. The minimum absolute atomic E-state index is 0.160. The second-order valence-corrected chi connectivity index (χ2v) is 5.33. The highest BCUT2D eigenvalue weighted by Gasteiger charge is 2.13. The molecule has 0 saturated heterocycles. The quantitative estimate of drug-likeness (QED) is 0.740. The van der Waals surface area contributed by atoms with Crippen molar-refractivity contribution in [3.63, 3.8) is 0 Å². The number of carbonyl (C=O) groups is 2. The van der Waals surface area contributed by atoms with Gasteiger partial charge in [0.25, 0.3) is 5.91 Å². The fraction of sp³-hybridized carbons (Fsp3) is 0.0667. The molecule has 0 aliphatic heterocycles. The van der Waals surface area contributed by atoms with Crippen LogP contribution in [-0.4, -0.2) is 17.0 Å². The van der Waals surface area contributed by atoms with Gasteiger partial charge in [0.2, 0.25) is 0 Å². The zero-order valence-corrected chi connectivity index (χ0v) is 12.6. The first-order valence-electron chi connectivity index (χ1n) is 6.13. The van der Waals surface area contributed by atoms with Gasteiger partial charge in [-0.15, -0.1) is 0 Å². The number of halogens is 1. The summed E-state index contributed by atoms with van der Waals surface area (Å²) < 4.78 is 0.780. The number of carbonyl (C=O) groups excluding carboxylic acids is 1. The summed E-state index contributed by atoms with van der Waals surface area (Å²) in [7, 11) is 0. The van der Waals surface area contributed by atoms with Crippen LogP contribution in [0.4, 0.5) is 11.4 Å². The predicted molar refractivity (Wildman–Crippen MR) is 84.3 cm³/mol. The normalized spacial score (nSPS) is 10.1. The molecule has 6 heteroatoms. The van der Waals surface area contributed by atoms with E-state index >= 15 is 0 Å². The second-order valence-electron chi connectivity index (χ2n) is 4.41. The summed E-state index contributed by atoms with van der Waals surface area (Å²) in [5, 5.41) is 11.6. The van der Waals surface area contributed by atoms with Crippen LogP contribution < -0.4 is 11.1 Å². The number of rotatable bonds is 4. The average Bonchev–Trinajstić information content (AvgIpc) is 2.40. The van der Waals surface area contributed by atoms with Crippen LogP contribution in [0.3, 0.4) is 0 Å². The summed E-state index contributed by atoms with van der Waals surface area (Å²) in [6, 6.07) is 11.7. The molecule has 0 saturated carbocycles. The third-order valence-electron chi connectivity index (χ3n) is 2.87. The van der Waals surface area contributed by atoms with Crippen molar-refractivity contribution in [3.05, 3.63) is 58.1 Å². The standard InChI is InChI=1S/C15H13BrN2O3/c16-10-5-6-11(12(17)8-10)15(21)18-13-4-2-1-3-9(13)7-14(19)20/h1-6,8H,7,17H2,(H,18,21)(H,19,20). The van der Waals surface area contributed by atoms with Crippen LogP contribution in [0.1, 0.15) is 15.9 Å². The lowest BCUT2D eigenvalue weighted by Gasteiger charge is -2.11. The molecule has 2 aromatic carbocycles. The fourth-order valence-corrected chi connectivity index (χ4v) is 2.27. The highest BCUT2D eigenvalue weighted by molar-refractivity contribution is 9.10. The van der Waals surface area contributed by atoms with Crippen molar-refractivity contribution in [3.8, 4) is 0 Å². The number of carboxylic acids is 1. The first kappa shape index (κ1) is 15.1. The van der Waals surface area contributed by atoms with Gasteiger partial charge in [-0.1, -0.05) is 34.1 Å². The van der Waals surface area contributed by atoms with Crippen LogP contribution in [-0.2, 0) is 11.2 Å². The first-order chi connectivity index (χ1) is 9.97. The monoisotopic (exact) mass is 348 g/mol. The molecular formula is C15H13BrN2O3. The number of para-hydroxylation sites is 1. The van der Waals surface area contributed by atoms with Gasteiger partial charge in [-0.3, -0.25) is 9.59 Å². The van der Waals surface area contributed by atoms with Crippen molar-refractivity contribution in [2.45, 2.75) is 6.42 Å². The van der Waals surface area contributed by atoms with Crippen LogP contribution in [0.5, 0.6) is 0 Å². The Balaban J connectivity index is 2.25. The summed E-state index contributed by atoms with van der Waals surface area (Å²) in [4.78, 5) is 23.1. The second kappa shape index (κ2) is 6.41. The summed E-state index contributed by atoms with van der Waals surface area (Å²) >= 11 is 3.27. The summed E-state index contributed by atoms with van der Waals surface area (Å²) in [6.07, 6.45) is -0.160. The van der Waals surface area contributed by atoms with Gasteiger partial charge in [-0.2, -0.15) is 0 Å². The number of carboxylic acid groups (broad SMARTS) is 1. The van der Waals surface area contributed by atoms with E-state index in [0.717, 1.165) is 4.47 Å². The number of hydrogen-bond donors (Lipinski definition) is 3. The molecule has 0 spiro atoms. The molecule has 4 N–H and O–H groups in total. The van der Waals surface area contributed by atoms with E-state index < -0.39 is 5.97 Å². The molecular weight excluding hydrogens is 336 g/mol. The van der Waals surface area contributed by atoms with Gasteiger partial charge in [0.15, 0.2) is 0 Å². The SMILES string of the molecule is Nc1cc(Br)ccc1C(=O)Nc1ccccc1CC(=O)O. The molecule has 5 nitrogen and oxygen atoms in total. The number of benzene rings is 2. The molecule has 0 radical (unpaired) electrons. The number of nitrogens with two attached hydrogens (primary N) is 1. The van der Waals surface area contributed by atoms with Crippen LogP contribution in [0.25, 0.3) is 0 Å². The largest absolute Gasteiger partial charge is 0.481 e. The van der Waals surface area contributed by atoms with E-state index in [1.165, 1.54) is 0 Å². The predicted octanol–water partition coefficient (Wildman–Crippen LogP) is 2.91. The molecule has 0 bridgehead atoms. The van der Waals surface area contributed by atoms with Crippen molar-refractivity contribution in [2.75, 3.05) is 11.1 Å². The number of amides is 1. The van der Waals surface area contributed by atoms with E-state index in [4.69, 9.17) is 10.8 Å². The van der Waals surface area contributed by atoms with Crippen molar-refractivity contribution in [1.29, 1.82) is 0 Å². The topological polar surface area (TPSA) is 92.4 Å². The van der Waals surface area contributed by atoms with Gasteiger partial charge in [0.1, 0.15) is 0 Å². The molecule has 0 atom stereocenters. The van der Waals surface area contributed by atoms with Gasteiger partial charge in [-0.25, -0.2) is 0 Å². The van der Waals surface area contributed by atoms with Crippen molar-refractivity contribution >= 4 is 39.2 Å². The number of nitrogens with one attached hydrogen (secondary N) is 1. The molecule has 0 aliphatic carbocycles. The van der Waals surface area contributed by atoms with Gasteiger partial charge in [0, 0.05) is 15.8 Å². The zero-order chi connectivity index (χ0) is 15.4. The Morgan fingerprint density at radius 3 is 2.57 bits per heavy atom. The van der Waals surface area contributed by atoms with E-state index in [0.29, 0.717) is 22.5 Å². The van der Waals surface area contributed by atoms with Gasteiger partial charge in [0.05, 0.1) is 12.0 Å². The lowest BCUT2D eigenvalue weighted by Crippen LogP contribution is -2.16. The third-order valence-corrected chi connectivity index (χ3v) is 3.36. The molecule has 2 rings (SSSR count). The maximum atomic E-state index is 12.2. The average molecular weight is 349 g/mol. The highest BCUT2D eigenvalue weighted by Crippen LogP contribution is 2.21. The summed E-state index contributed by atoms with van der Waals surface area (Å²) in [5.74, 6) is -1.34. The van der Waals surface area contributed by atoms with Crippen LogP contribution >= 0.6 is 15.9 Å². The van der Waals surface area contributed by atoms with Crippen LogP contribution in [0.2, 0.25) is 0 Å². The Hall–Kier alpha value is -2.34. The molecule has 108 valence electrons. The van der Waals surface area contributed by atoms with Gasteiger partial charge < -0.3 is 16.2 Å². The van der Waals surface area contributed by atoms with E-state index in [9.17, 15) is 9.59 Å². The number of anilines is 2. The summed E-state index contributed by atoms with van der Waals surface area (Å²) in [6.45, 7) is 0. The number of aliphatic carboxylic acids is 1. The van der Waals surface area contributed by atoms with Crippen LogP contribution in [0, 0.1) is 0 Å². The molecule has 0 heterocycles. The smallest absolute Gasteiger partial charge is 0.307 e. The molecule has 1 amide bonds. The molecule has 0 aliphatic rings. The van der Waals surface area contributed by atoms with E-state index in [-0.39, 0.29) is 12.3 Å². The minimum atomic E-state index is -0.958. The van der Waals surface area contributed by atoms with Gasteiger partial charge in [-0.05, 0) is 29.8 Å². The van der Waals surface area contributed by atoms with E-state index in [2.05, 4.69) is 21.2 Å². The fourth-order valence-electron chi connectivity index (χ4n) is 1.89. The van der Waals surface area contributed by atoms with Crippen molar-refractivity contribution in [2.24, 2.45) is 0 Å². The molecule has 2 aromatic rings. The Morgan fingerprint density at radius 2 is 1.90 bits per heavy atom. The van der Waals surface area contributed by atoms with Crippen molar-refractivity contribution < 1.29 is 14.7 Å². The Bertz CT molecular complexity index is 701. The summed E-state index contributed by atoms with van der Waals surface area (Å²) in [5.41, 5.74) is 7.49. The van der Waals surface area contributed by atoms with Gasteiger partial charge >= 0.3 is 5.97 Å². The first-order valence-corrected chi connectivity index (χ1v) is 6.93. The lowest BCUT2D eigenvalue weighted by molar-refractivity contribution is -0.136. The lowest BCUT2D eigenvalue weighted by atomic mass is 10.1. The zero-order valence-electron chi connectivity index (χ0n) is 11.0. The van der Waals surface area contributed by atoms with E-state index in [1.807, 2.05) is 0 Å². The highest BCUT2D eigenvalue weighted by atomic mass is 79.9. The molecule has 21 heavy (non-hydrogen) atoms. The number of hydrogen-bond acceptors (Lipinski definition) is 3. The Kier molecular flexibility index (Phi) is 4.59. The maximum Gasteiger partial charge on any atom is 0.307 e. The molecule has 0 aromatic heterocycles. The van der Waals surface area contributed by atoms with Crippen LogP contribution in [0.15, 0.2) is 46.9 Å². The Morgan fingerprint density at radius 1 is 1.19 bits per heavy atom. The van der Waals surface area contributed by atoms with Crippen molar-refractivity contribution in [1.82, 2.24) is 0 Å². The van der Waals surface area contributed by atoms with E-state index in [1.54, 1.807) is 42.5 Å². The minimum Gasteiger partial charge on any atom is -0.481 e.